The maximum atomic E-state index is 5.52. The molecule has 5 nitrogen and oxygen atoms in total. The average Bonchev–Trinajstić information content (AvgIpc) is 2.31. The van der Waals surface area contributed by atoms with Gasteiger partial charge in [-0.2, -0.15) is 0 Å². The number of pyridine rings is 1. The van der Waals surface area contributed by atoms with Crippen molar-refractivity contribution in [2.75, 3.05) is 17.7 Å². The van der Waals surface area contributed by atoms with Crippen LogP contribution >= 0.6 is 0 Å². The molecule has 82 valence electrons. The fourth-order valence-corrected chi connectivity index (χ4v) is 1.33. The highest BCUT2D eigenvalue weighted by molar-refractivity contribution is 5.37. The lowest BCUT2D eigenvalue weighted by molar-refractivity contribution is 0.842. The monoisotopic (exact) mass is 215 g/mol. The lowest BCUT2D eigenvalue weighted by atomic mass is 10.3. The van der Waals surface area contributed by atoms with Crippen molar-refractivity contribution in [1.29, 1.82) is 0 Å². The Morgan fingerprint density at radius 1 is 1.19 bits per heavy atom. The van der Waals surface area contributed by atoms with Crippen molar-refractivity contribution in [3.8, 4) is 0 Å². The Morgan fingerprint density at radius 2 is 1.94 bits per heavy atom. The van der Waals surface area contributed by atoms with Crippen molar-refractivity contribution >= 4 is 11.6 Å². The van der Waals surface area contributed by atoms with Gasteiger partial charge in [-0.25, -0.2) is 9.97 Å². The lowest BCUT2D eigenvalue weighted by Gasteiger charge is -2.15. The molecule has 0 saturated heterocycles. The number of aromatic nitrogens is 3. The molecule has 0 amide bonds. The maximum absolute atomic E-state index is 5.52. The van der Waals surface area contributed by atoms with Gasteiger partial charge in [0.2, 0.25) is 5.95 Å². The number of nitrogens with zero attached hydrogens (tertiary/aromatic N) is 4. The first-order chi connectivity index (χ1) is 7.75. The quantitative estimate of drug-likeness (QED) is 0.830. The van der Waals surface area contributed by atoms with Gasteiger partial charge in [0.1, 0.15) is 0 Å². The van der Waals surface area contributed by atoms with E-state index in [2.05, 4.69) is 15.0 Å². The van der Waals surface area contributed by atoms with Crippen LogP contribution in [0.2, 0.25) is 0 Å². The van der Waals surface area contributed by atoms with Crippen molar-refractivity contribution in [2.24, 2.45) is 0 Å². The van der Waals surface area contributed by atoms with E-state index in [1.165, 1.54) is 0 Å². The maximum Gasteiger partial charge on any atom is 0.225 e. The summed E-state index contributed by atoms with van der Waals surface area (Å²) in [6.07, 6.45) is 4.96. The summed E-state index contributed by atoms with van der Waals surface area (Å²) in [6.45, 7) is 0.671. The van der Waals surface area contributed by atoms with Gasteiger partial charge in [0.05, 0.1) is 30.3 Å². The molecule has 0 spiro atoms. The minimum Gasteiger partial charge on any atom is -0.396 e. The molecule has 0 bridgehead atoms. The molecule has 0 radical (unpaired) electrons. The Hall–Kier alpha value is -2.17. The summed E-state index contributed by atoms with van der Waals surface area (Å²) in [5.41, 5.74) is 7.07. The minimum atomic E-state index is 0.565. The molecule has 2 aromatic rings. The predicted molar refractivity (Wildman–Crippen MR) is 62.8 cm³/mol. The fraction of sp³-hybridized carbons (Fsp3) is 0.182. The lowest BCUT2D eigenvalue weighted by Crippen LogP contribution is -2.19. The Morgan fingerprint density at radius 3 is 2.56 bits per heavy atom. The average molecular weight is 215 g/mol. The summed E-state index contributed by atoms with van der Waals surface area (Å²) in [5.74, 6) is 0.639. The number of nitrogen functional groups attached to an aromatic ring is 1. The molecule has 2 rings (SSSR count). The van der Waals surface area contributed by atoms with Crippen molar-refractivity contribution < 1.29 is 0 Å². The highest BCUT2D eigenvalue weighted by atomic mass is 15.2. The number of hydrogen-bond donors (Lipinski definition) is 1. The molecule has 5 heteroatoms. The fourth-order valence-electron chi connectivity index (χ4n) is 1.33. The Bertz CT molecular complexity index is 440. The Kier molecular flexibility index (Phi) is 2.95. The van der Waals surface area contributed by atoms with Gasteiger partial charge in [-0.1, -0.05) is 6.07 Å². The summed E-state index contributed by atoms with van der Waals surface area (Å²) < 4.78 is 0. The zero-order chi connectivity index (χ0) is 11.4. The van der Waals surface area contributed by atoms with Gasteiger partial charge in [0.15, 0.2) is 0 Å². The molecule has 0 saturated carbocycles. The summed E-state index contributed by atoms with van der Waals surface area (Å²) in [5, 5.41) is 0. The van der Waals surface area contributed by atoms with Gasteiger partial charge >= 0.3 is 0 Å². The minimum absolute atomic E-state index is 0.565. The van der Waals surface area contributed by atoms with E-state index in [9.17, 15) is 0 Å². The second-order valence-corrected chi connectivity index (χ2v) is 3.49. The molecule has 2 heterocycles. The highest BCUT2D eigenvalue weighted by Crippen LogP contribution is 2.08. The van der Waals surface area contributed by atoms with Crippen LogP contribution < -0.4 is 10.6 Å². The summed E-state index contributed by atoms with van der Waals surface area (Å²) in [7, 11) is 1.92. The van der Waals surface area contributed by atoms with E-state index in [0.717, 1.165) is 5.69 Å². The van der Waals surface area contributed by atoms with E-state index >= 15 is 0 Å². The molecule has 0 fully saturated rings. The van der Waals surface area contributed by atoms with Gasteiger partial charge in [-0.3, -0.25) is 4.98 Å². The van der Waals surface area contributed by atoms with Crippen LogP contribution in [0.4, 0.5) is 11.6 Å². The largest absolute Gasteiger partial charge is 0.396 e. The highest BCUT2D eigenvalue weighted by Gasteiger charge is 2.04. The van der Waals surface area contributed by atoms with Crippen LogP contribution in [0, 0.1) is 0 Å². The molecule has 16 heavy (non-hydrogen) atoms. The zero-order valence-electron chi connectivity index (χ0n) is 9.04. The summed E-state index contributed by atoms with van der Waals surface area (Å²) >= 11 is 0. The molecule has 2 aromatic heterocycles. The molecule has 0 aliphatic carbocycles. The van der Waals surface area contributed by atoms with Crippen LogP contribution in [0.5, 0.6) is 0 Å². The van der Waals surface area contributed by atoms with E-state index < -0.39 is 0 Å². The van der Waals surface area contributed by atoms with Gasteiger partial charge in [0, 0.05) is 13.2 Å². The molecular weight excluding hydrogens is 202 g/mol. The number of rotatable bonds is 3. The molecule has 0 atom stereocenters. The Labute approximate surface area is 94.0 Å². The van der Waals surface area contributed by atoms with Crippen molar-refractivity contribution in [1.82, 2.24) is 15.0 Å². The molecule has 2 N–H and O–H groups in total. The van der Waals surface area contributed by atoms with Gasteiger partial charge in [-0.15, -0.1) is 0 Å². The van der Waals surface area contributed by atoms with Crippen LogP contribution in [-0.4, -0.2) is 22.0 Å². The topological polar surface area (TPSA) is 67.9 Å². The zero-order valence-corrected chi connectivity index (χ0v) is 9.04. The van der Waals surface area contributed by atoms with Crippen LogP contribution in [-0.2, 0) is 6.54 Å². The summed E-state index contributed by atoms with van der Waals surface area (Å²) in [4.78, 5) is 14.4. The van der Waals surface area contributed by atoms with Gasteiger partial charge in [0.25, 0.3) is 0 Å². The van der Waals surface area contributed by atoms with Gasteiger partial charge < -0.3 is 10.6 Å². The third kappa shape index (κ3) is 2.44. The van der Waals surface area contributed by atoms with E-state index in [-0.39, 0.29) is 0 Å². The van der Waals surface area contributed by atoms with E-state index in [0.29, 0.717) is 18.2 Å². The van der Waals surface area contributed by atoms with E-state index in [1.807, 2.05) is 30.1 Å². The van der Waals surface area contributed by atoms with Gasteiger partial charge in [-0.05, 0) is 12.1 Å². The van der Waals surface area contributed by atoms with Crippen molar-refractivity contribution in [3.05, 3.63) is 42.5 Å². The third-order valence-electron chi connectivity index (χ3n) is 2.12. The smallest absolute Gasteiger partial charge is 0.225 e. The van der Waals surface area contributed by atoms with Crippen LogP contribution in [0.1, 0.15) is 5.69 Å². The number of anilines is 2. The normalized spacial score (nSPS) is 10.1. The molecule has 0 aliphatic heterocycles. The van der Waals surface area contributed by atoms with Crippen LogP contribution in [0.15, 0.2) is 36.8 Å². The van der Waals surface area contributed by atoms with E-state index in [1.54, 1.807) is 18.6 Å². The van der Waals surface area contributed by atoms with Crippen LogP contribution in [0.3, 0.4) is 0 Å². The third-order valence-corrected chi connectivity index (χ3v) is 2.12. The standard InChI is InChI=1S/C11H13N5/c1-16(8-10-4-2-3-5-13-10)11-14-6-9(12)7-15-11/h2-7H,8,12H2,1H3. The molecule has 0 aromatic carbocycles. The SMILES string of the molecule is CN(Cc1ccccn1)c1ncc(N)cn1. The second-order valence-electron chi connectivity index (χ2n) is 3.49. The molecular formula is C11H13N5. The summed E-state index contributed by atoms with van der Waals surface area (Å²) in [6, 6.07) is 5.82. The Balaban J connectivity index is 2.09. The first-order valence-corrected chi connectivity index (χ1v) is 4.94. The van der Waals surface area contributed by atoms with Crippen molar-refractivity contribution in [3.63, 3.8) is 0 Å². The van der Waals surface area contributed by atoms with E-state index in [4.69, 9.17) is 5.73 Å². The molecule has 0 aliphatic rings. The van der Waals surface area contributed by atoms with Crippen LogP contribution in [0.25, 0.3) is 0 Å². The first-order valence-electron chi connectivity index (χ1n) is 4.94. The second kappa shape index (κ2) is 4.57. The number of nitrogens with two attached hydrogens (primary N) is 1. The number of hydrogen-bond acceptors (Lipinski definition) is 5. The predicted octanol–water partition coefficient (Wildman–Crippen LogP) is 1.09. The van der Waals surface area contributed by atoms with Crippen molar-refractivity contribution in [2.45, 2.75) is 6.54 Å². The molecule has 0 unspecified atom stereocenters. The first kappa shape index (κ1) is 10.4.